The smallest absolute Gasteiger partial charge is 0.248 e. The highest BCUT2D eigenvalue weighted by molar-refractivity contribution is 5.80. The lowest BCUT2D eigenvalue weighted by atomic mass is 10.0. The van der Waals surface area contributed by atoms with Crippen LogP contribution in [0, 0.1) is 6.92 Å². The van der Waals surface area contributed by atoms with Crippen LogP contribution in [0.3, 0.4) is 0 Å². The lowest BCUT2D eigenvalue weighted by molar-refractivity contribution is 0.0851. The minimum atomic E-state index is -0.232. The summed E-state index contributed by atoms with van der Waals surface area (Å²) in [6, 6.07) is 1.68. The molecule has 1 rings (SSSR count). The molecular formula is C10H18N4O. The van der Waals surface area contributed by atoms with Crippen LogP contribution < -0.4 is 11.1 Å². The van der Waals surface area contributed by atoms with Crippen LogP contribution in [-0.4, -0.2) is 28.3 Å². The van der Waals surface area contributed by atoms with Gasteiger partial charge in [-0.2, -0.15) is 0 Å². The maximum Gasteiger partial charge on any atom is 0.248 e. The summed E-state index contributed by atoms with van der Waals surface area (Å²) >= 11 is 0. The highest BCUT2D eigenvalue weighted by Crippen LogP contribution is 2.11. The van der Waals surface area contributed by atoms with Gasteiger partial charge < -0.3 is 11.1 Å². The van der Waals surface area contributed by atoms with Crippen molar-refractivity contribution in [3.63, 3.8) is 0 Å². The molecule has 0 aromatic carbocycles. The zero-order valence-corrected chi connectivity index (χ0v) is 9.66. The van der Waals surface area contributed by atoms with Crippen LogP contribution in [0.25, 0.3) is 0 Å². The predicted molar refractivity (Wildman–Crippen MR) is 59.8 cm³/mol. The molecule has 0 saturated carbocycles. The molecule has 0 unspecified atom stereocenters. The molecule has 0 fully saturated rings. The number of nitrogens with one attached hydrogen (secondary N) is 1. The number of rotatable bonds is 3. The van der Waals surface area contributed by atoms with E-state index in [1.165, 1.54) is 4.68 Å². The van der Waals surface area contributed by atoms with Crippen molar-refractivity contribution in [2.45, 2.75) is 32.7 Å². The second-order valence-electron chi connectivity index (χ2n) is 4.33. The van der Waals surface area contributed by atoms with E-state index in [1.54, 1.807) is 6.07 Å². The van der Waals surface area contributed by atoms with Gasteiger partial charge in [0.1, 0.15) is 5.82 Å². The number of aryl methyl sites for hydroxylation is 1. The van der Waals surface area contributed by atoms with Gasteiger partial charge in [0, 0.05) is 23.7 Å². The van der Waals surface area contributed by atoms with Crippen molar-refractivity contribution >= 4 is 11.7 Å². The van der Waals surface area contributed by atoms with Gasteiger partial charge in [-0.1, -0.05) is 0 Å². The van der Waals surface area contributed by atoms with E-state index in [0.717, 1.165) is 5.69 Å². The zero-order valence-electron chi connectivity index (χ0n) is 9.66. The number of hydrogen-bond acceptors (Lipinski definition) is 4. The molecule has 5 heteroatoms. The number of nitrogen functional groups attached to an aromatic ring is 1. The summed E-state index contributed by atoms with van der Waals surface area (Å²) in [4.78, 5) is 11.9. The van der Waals surface area contributed by atoms with Crippen LogP contribution in [0.1, 0.15) is 30.8 Å². The molecular weight excluding hydrogens is 192 g/mol. The zero-order chi connectivity index (χ0) is 11.6. The first-order valence-electron chi connectivity index (χ1n) is 4.90. The van der Waals surface area contributed by atoms with Crippen molar-refractivity contribution in [2.24, 2.45) is 0 Å². The highest BCUT2D eigenvalue weighted by atomic mass is 16.2. The fourth-order valence-corrected chi connectivity index (χ4v) is 1.29. The Morgan fingerprint density at radius 2 is 2.27 bits per heavy atom. The average Bonchev–Trinajstić information content (AvgIpc) is 2.45. The van der Waals surface area contributed by atoms with E-state index in [-0.39, 0.29) is 11.4 Å². The SMILES string of the molecule is CNC(C)(C)CC(=O)n1nc(N)cc1C. The predicted octanol–water partition coefficient (Wildman–Crippen LogP) is 0.802. The van der Waals surface area contributed by atoms with Crippen LogP contribution in [0.4, 0.5) is 5.82 Å². The molecule has 3 N–H and O–H groups in total. The summed E-state index contributed by atoms with van der Waals surface area (Å²) in [5.74, 6) is 0.326. The van der Waals surface area contributed by atoms with Crippen LogP contribution >= 0.6 is 0 Å². The third kappa shape index (κ3) is 2.79. The Morgan fingerprint density at radius 3 is 2.67 bits per heavy atom. The molecule has 84 valence electrons. The monoisotopic (exact) mass is 210 g/mol. The van der Waals surface area contributed by atoms with E-state index in [2.05, 4.69) is 10.4 Å². The van der Waals surface area contributed by atoms with E-state index in [1.807, 2.05) is 27.8 Å². The number of nitrogens with two attached hydrogens (primary N) is 1. The van der Waals surface area contributed by atoms with Gasteiger partial charge in [-0.05, 0) is 27.8 Å². The maximum atomic E-state index is 11.9. The topological polar surface area (TPSA) is 72.9 Å². The molecule has 0 amide bonds. The van der Waals surface area contributed by atoms with Crippen LogP contribution in [0.5, 0.6) is 0 Å². The second-order valence-corrected chi connectivity index (χ2v) is 4.33. The number of anilines is 1. The first kappa shape index (κ1) is 11.7. The van der Waals surface area contributed by atoms with Gasteiger partial charge in [-0.25, -0.2) is 4.68 Å². The number of aromatic nitrogens is 2. The van der Waals surface area contributed by atoms with Crippen molar-refractivity contribution in [1.82, 2.24) is 15.1 Å². The third-order valence-electron chi connectivity index (χ3n) is 2.41. The van der Waals surface area contributed by atoms with Gasteiger partial charge in [0.2, 0.25) is 5.91 Å². The van der Waals surface area contributed by atoms with Gasteiger partial charge >= 0.3 is 0 Å². The Labute approximate surface area is 89.6 Å². The van der Waals surface area contributed by atoms with Crippen molar-refractivity contribution in [1.29, 1.82) is 0 Å². The largest absolute Gasteiger partial charge is 0.382 e. The Hall–Kier alpha value is -1.36. The quantitative estimate of drug-likeness (QED) is 0.774. The Kier molecular flexibility index (Phi) is 3.14. The molecule has 0 aliphatic carbocycles. The summed E-state index contributed by atoms with van der Waals surface area (Å²) in [5, 5.41) is 7.02. The number of nitrogens with zero attached hydrogens (tertiary/aromatic N) is 2. The van der Waals surface area contributed by atoms with Crippen molar-refractivity contribution in [3.8, 4) is 0 Å². The van der Waals surface area contributed by atoms with Crippen molar-refractivity contribution < 1.29 is 4.79 Å². The van der Waals surface area contributed by atoms with Crippen LogP contribution in [0.15, 0.2) is 6.07 Å². The van der Waals surface area contributed by atoms with Gasteiger partial charge in [0.15, 0.2) is 0 Å². The molecule has 0 spiro atoms. The Bertz CT molecular complexity index is 367. The molecule has 1 aromatic heterocycles. The Morgan fingerprint density at radius 1 is 1.67 bits per heavy atom. The van der Waals surface area contributed by atoms with E-state index in [0.29, 0.717) is 12.2 Å². The number of carbonyl (C=O) groups is 1. The second kappa shape index (κ2) is 4.02. The number of hydrogen-bond donors (Lipinski definition) is 2. The summed E-state index contributed by atoms with van der Waals surface area (Å²) in [7, 11) is 1.83. The molecule has 0 atom stereocenters. The summed E-state index contributed by atoms with van der Waals surface area (Å²) in [5.41, 5.74) is 6.05. The van der Waals surface area contributed by atoms with E-state index >= 15 is 0 Å². The maximum absolute atomic E-state index is 11.9. The summed E-state index contributed by atoms with van der Waals surface area (Å²) < 4.78 is 1.36. The van der Waals surface area contributed by atoms with Gasteiger partial charge in [-0.3, -0.25) is 4.79 Å². The van der Waals surface area contributed by atoms with Crippen molar-refractivity contribution in [2.75, 3.05) is 12.8 Å². The molecule has 15 heavy (non-hydrogen) atoms. The first-order valence-corrected chi connectivity index (χ1v) is 4.90. The van der Waals surface area contributed by atoms with Gasteiger partial charge in [0.25, 0.3) is 0 Å². The number of carbonyl (C=O) groups excluding carboxylic acids is 1. The summed E-state index contributed by atoms with van der Waals surface area (Å²) in [6.07, 6.45) is 0.380. The normalized spacial score (nSPS) is 11.7. The van der Waals surface area contributed by atoms with Crippen molar-refractivity contribution in [3.05, 3.63) is 11.8 Å². The highest BCUT2D eigenvalue weighted by Gasteiger charge is 2.22. The molecule has 0 aliphatic rings. The average molecular weight is 210 g/mol. The molecule has 0 radical (unpaired) electrons. The lowest BCUT2D eigenvalue weighted by Crippen LogP contribution is -2.39. The van der Waals surface area contributed by atoms with E-state index < -0.39 is 0 Å². The third-order valence-corrected chi connectivity index (χ3v) is 2.41. The molecule has 0 saturated heterocycles. The molecule has 0 aliphatic heterocycles. The molecule has 0 bridgehead atoms. The minimum absolute atomic E-state index is 0.0523. The standard InChI is InChI=1S/C10H18N4O/c1-7-5-8(11)13-14(7)9(15)6-10(2,3)12-4/h5,12H,6H2,1-4H3,(H2,11,13). The summed E-state index contributed by atoms with van der Waals surface area (Å²) in [6.45, 7) is 5.74. The Balaban J connectivity index is 2.82. The lowest BCUT2D eigenvalue weighted by Gasteiger charge is -2.22. The fraction of sp³-hybridized carbons (Fsp3) is 0.600. The fourth-order valence-electron chi connectivity index (χ4n) is 1.29. The first-order chi connectivity index (χ1) is 6.85. The van der Waals surface area contributed by atoms with Crippen LogP contribution in [0.2, 0.25) is 0 Å². The van der Waals surface area contributed by atoms with Gasteiger partial charge in [0.05, 0.1) is 0 Å². The van der Waals surface area contributed by atoms with Crippen LogP contribution in [-0.2, 0) is 0 Å². The molecule has 1 aromatic rings. The molecule has 1 heterocycles. The molecule has 5 nitrogen and oxygen atoms in total. The van der Waals surface area contributed by atoms with E-state index in [9.17, 15) is 4.79 Å². The minimum Gasteiger partial charge on any atom is -0.382 e. The van der Waals surface area contributed by atoms with E-state index in [4.69, 9.17) is 5.73 Å². The van der Waals surface area contributed by atoms with Gasteiger partial charge in [-0.15, -0.1) is 5.10 Å².